The van der Waals surface area contributed by atoms with Crippen molar-refractivity contribution in [2.45, 2.75) is 32.9 Å². The number of aliphatic carboxylic acids is 1. The van der Waals surface area contributed by atoms with Gasteiger partial charge in [-0.15, -0.1) is 0 Å². The van der Waals surface area contributed by atoms with Crippen LogP contribution in [0.1, 0.15) is 20.8 Å². The number of hydrogen-bond donors (Lipinski definition) is 1. The number of carboxylic acids is 1. The smallest absolute Gasteiger partial charge is 0.328 e. The first-order chi connectivity index (χ1) is 7.99. The van der Waals surface area contributed by atoms with Gasteiger partial charge in [0.2, 0.25) is 0 Å². The van der Waals surface area contributed by atoms with Crippen LogP contribution >= 0.6 is 0 Å². The lowest BCUT2D eigenvalue weighted by atomic mass is 10.2. The van der Waals surface area contributed by atoms with Crippen molar-refractivity contribution < 1.29 is 19.4 Å². The Morgan fingerprint density at radius 1 is 1.53 bits per heavy atom. The molecule has 0 aliphatic carbocycles. The number of urea groups is 1. The summed E-state index contributed by atoms with van der Waals surface area (Å²) in [6.45, 7) is 7.07. The predicted molar refractivity (Wildman–Crippen MR) is 61.9 cm³/mol. The molecule has 6 nitrogen and oxygen atoms in total. The summed E-state index contributed by atoms with van der Waals surface area (Å²) in [6.07, 6.45) is 0. The minimum Gasteiger partial charge on any atom is -0.480 e. The zero-order valence-corrected chi connectivity index (χ0v) is 10.5. The van der Waals surface area contributed by atoms with E-state index in [4.69, 9.17) is 9.84 Å². The molecule has 0 aromatic heterocycles. The van der Waals surface area contributed by atoms with Gasteiger partial charge in [0, 0.05) is 19.1 Å². The molecule has 17 heavy (non-hydrogen) atoms. The molecule has 1 heterocycles. The number of carboxylic acid groups (broad SMARTS) is 1. The second-order valence-electron chi connectivity index (χ2n) is 4.28. The van der Waals surface area contributed by atoms with E-state index in [-0.39, 0.29) is 18.7 Å². The first kappa shape index (κ1) is 13.8. The number of nitrogens with zero attached hydrogens (tertiary/aromatic N) is 2. The Morgan fingerprint density at radius 2 is 2.18 bits per heavy atom. The third-order valence-corrected chi connectivity index (χ3v) is 2.87. The Hall–Kier alpha value is -1.30. The van der Waals surface area contributed by atoms with Crippen molar-refractivity contribution in [3.05, 3.63) is 0 Å². The molecule has 98 valence electrons. The predicted octanol–water partition coefficient (Wildman–Crippen LogP) is 0.622. The Labute approximate surface area is 101 Å². The van der Waals surface area contributed by atoms with E-state index in [1.807, 2.05) is 20.8 Å². The summed E-state index contributed by atoms with van der Waals surface area (Å²) < 4.78 is 5.10. The zero-order valence-electron chi connectivity index (χ0n) is 10.5. The SMILES string of the molecule is CCN(C(=O)N1CCOCC1C(=O)O)C(C)C. The van der Waals surface area contributed by atoms with E-state index in [0.717, 1.165) is 0 Å². The molecule has 0 radical (unpaired) electrons. The molecule has 1 unspecified atom stereocenters. The minimum atomic E-state index is -1.02. The van der Waals surface area contributed by atoms with Crippen molar-refractivity contribution in [3.8, 4) is 0 Å². The summed E-state index contributed by atoms with van der Waals surface area (Å²) in [6, 6.07) is -1.04. The molecule has 1 N–H and O–H groups in total. The molecular formula is C11H20N2O4. The van der Waals surface area contributed by atoms with Crippen molar-refractivity contribution in [2.75, 3.05) is 26.3 Å². The maximum Gasteiger partial charge on any atom is 0.328 e. The van der Waals surface area contributed by atoms with Crippen molar-refractivity contribution in [3.63, 3.8) is 0 Å². The molecule has 1 fully saturated rings. The van der Waals surface area contributed by atoms with Gasteiger partial charge >= 0.3 is 12.0 Å². The molecule has 1 atom stereocenters. The fourth-order valence-electron chi connectivity index (χ4n) is 1.92. The molecular weight excluding hydrogens is 224 g/mol. The molecule has 6 heteroatoms. The number of morpholine rings is 1. The van der Waals surface area contributed by atoms with E-state index in [1.165, 1.54) is 4.90 Å². The van der Waals surface area contributed by atoms with E-state index in [2.05, 4.69) is 0 Å². The van der Waals surface area contributed by atoms with Crippen LogP contribution in [0.25, 0.3) is 0 Å². The molecule has 1 rings (SSSR count). The molecule has 1 aliphatic rings. The van der Waals surface area contributed by atoms with Crippen LogP contribution in [-0.4, -0.2) is 65.3 Å². The van der Waals surface area contributed by atoms with Crippen molar-refractivity contribution >= 4 is 12.0 Å². The summed E-state index contributed by atoms with van der Waals surface area (Å²) in [4.78, 5) is 26.3. The van der Waals surface area contributed by atoms with E-state index >= 15 is 0 Å². The molecule has 0 saturated carbocycles. The summed E-state index contributed by atoms with van der Waals surface area (Å²) in [7, 11) is 0. The summed E-state index contributed by atoms with van der Waals surface area (Å²) in [5.74, 6) is -1.02. The third kappa shape index (κ3) is 3.09. The molecule has 1 aliphatic heterocycles. The lowest BCUT2D eigenvalue weighted by molar-refractivity contribution is -0.147. The maximum atomic E-state index is 12.2. The average Bonchev–Trinajstić information content (AvgIpc) is 2.29. The number of amides is 2. The van der Waals surface area contributed by atoms with Gasteiger partial charge in [0.25, 0.3) is 0 Å². The second-order valence-corrected chi connectivity index (χ2v) is 4.28. The first-order valence-electron chi connectivity index (χ1n) is 5.86. The largest absolute Gasteiger partial charge is 0.480 e. The van der Waals surface area contributed by atoms with Crippen LogP contribution in [0.2, 0.25) is 0 Å². The van der Waals surface area contributed by atoms with Crippen LogP contribution in [0.15, 0.2) is 0 Å². The summed E-state index contributed by atoms with van der Waals surface area (Å²) >= 11 is 0. The molecule has 0 spiro atoms. The number of carbonyl (C=O) groups is 2. The average molecular weight is 244 g/mol. The molecule has 0 aromatic carbocycles. The molecule has 0 aromatic rings. The van der Waals surface area contributed by atoms with E-state index < -0.39 is 12.0 Å². The summed E-state index contributed by atoms with van der Waals surface area (Å²) in [5.41, 5.74) is 0. The Bertz CT molecular complexity index is 293. The van der Waals surface area contributed by atoms with Gasteiger partial charge in [-0.25, -0.2) is 9.59 Å². The number of ether oxygens (including phenoxy) is 1. The van der Waals surface area contributed by atoms with Crippen molar-refractivity contribution in [1.82, 2.24) is 9.80 Å². The van der Waals surface area contributed by atoms with Gasteiger partial charge in [0.1, 0.15) is 0 Å². The van der Waals surface area contributed by atoms with Crippen LogP contribution in [0.4, 0.5) is 4.79 Å². The van der Waals surface area contributed by atoms with Gasteiger partial charge in [-0.05, 0) is 20.8 Å². The minimum absolute atomic E-state index is 0.0600. The molecule has 1 saturated heterocycles. The highest BCUT2D eigenvalue weighted by atomic mass is 16.5. The second kappa shape index (κ2) is 5.86. The quantitative estimate of drug-likeness (QED) is 0.790. The van der Waals surface area contributed by atoms with Gasteiger partial charge in [-0.2, -0.15) is 0 Å². The van der Waals surface area contributed by atoms with E-state index in [1.54, 1.807) is 4.90 Å². The highest BCUT2D eigenvalue weighted by molar-refractivity contribution is 5.83. The number of hydrogen-bond acceptors (Lipinski definition) is 3. The van der Waals surface area contributed by atoms with Crippen LogP contribution in [-0.2, 0) is 9.53 Å². The number of carbonyl (C=O) groups excluding carboxylic acids is 1. The highest BCUT2D eigenvalue weighted by Gasteiger charge is 2.35. The lowest BCUT2D eigenvalue weighted by Gasteiger charge is -2.37. The van der Waals surface area contributed by atoms with Gasteiger partial charge < -0.3 is 19.6 Å². The third-order valence-electron chi connectivity index (χ3n) is 2.87. The van der Waals surface area contributed by atoms with Crippen LogP contribution < -0.4 is 0 Å². The van der Waals surface area contributed by atoms with E-state index in [9.17, 15) is 9.59 Å². The highest BCUT2D eigenvalue weighted by Crippen LogP contribution is 2.12. The van der Waals surface area contributed by atoms with Crippen LogP contribution in [0, 0.1) is 0 Å². The van der Waals surface area contributed by atoms with Crippen molar-refractivity contribution in [1.29, 1.82) is 0 Å². The molecule has 0 bridgehead atoms. The Morgan fingerprint density at radius 3 is 2.65 bits per heavy atom. The zero-order chi connectivity index (χ0) is 13.0. The fourth-order valence-corrected chi connectivity index (χ4v) is 1.92. The van der Waals surface area contributed by atoms with Gasteiger partial charge in [-0.1, -0.05) is 0 Å². The first-order valence-corrected chi connectivity index (χ1v) is 5.86. The lowest BCUT2D eigenvalue weighted by Crippen LogP contribution is -2.57. The summed E-state index contributed by atoms with van der Waals surface area (Å²) in [5, 5.41) is 9.06. The van der Waals surface area contributed by atoms with Gasteiger partial charge in [-0.3, -0.25) is 0 Å². The number of rotatable bonds is 3. The normalized spacial score (nSPS) is 20.5. The Kier molecular flexibility index (Phi) is 4.74. The maximum absolute atomic E-state index is 12.2. The fraction of sp³-hybridized carbons (Fsp3) is 0.818. The monoisotopic (exact) mass is 244 g/mol. The Balaban J connectivity index is 2.80. The molecule has 2 amide bonds. The van der Waals surface area contributed by atoms with Gasteiger partial charge in [0.15, 0.2) is 6.04 Å². The standard InChI is InChI=1S/C11H20N2O4/c1-4-12(8(2)3)11(16)13-5-6-17-7-9(13)10(14)15/h8-9H,4-7H2,1-3H3,(H,14,15). The van der Waals surface area contributed by atoms with Crippen LogP contribution in [0.3, 0.4) is 0 Å². The van der Waals surface area contributed by atoms with Gasteiger partial charge in [0.05, 0.1) is 13.2 Å². The van der Waals surface area contributed by atoms with E-state index in [0.29, 0.717) is 19.7 Å². The van der Waals surface area contributed by atoms with Crippen molar-refractivity contribution in [2.24, 2.45) is 0 Å². The topological polar surface area (TPSA) is 70.1 Å². The van der Waals surface area contributed by atoms with Crippen LogP contribution in [0.5, 0.6) is 0 Å².